The maximum Gasteiger partial charge on any atom is 0.310 e. The molecule has 0 unspecified atom stereocenters. The summed E-state index contributed by atoms with van der Waals surface area (Å²) in [6.45, 7) is 3.70. The number of hydrogen-bond acceptors (Lipinski definition) is 3. The van der Waals surface area contributed by atoms with Crippen molar-refractivity contribution in [3.8, 4) is 0 Å². The number of carboxylic acid groups (broad SMARTS) is 1. The van der Waals surface area contributed by atoms with Crippen LogP contribution >= 0.6 is 0 Å². The van der Waals surface area contributed by atoms with Gasteiger partial charge in [0.25, 0.3) is 0 Å². The molecular weight excluding hydrogens is 258 g/mol. The van der Waals surface area contributed by atoms with E-state index in [9.17, 15) is 19.8 Å². The van der Waals surface area contributed by atoms with Crippen molar-refractivity contribution < 1.29 is 19.8 Å². The standard InChI is InChI=1S/C15H27NO4/c1-3-15(4-2,11-17)16-12(18)10-14(13(19)20)8-6-5-7-9-14/h17H,3-11H2,1-2H3,(H,16,18)(H,19,20). The zero-order valence-corrected chi connectivity index (χ0v) is 12.6. The summed E-state index contributed by atoms with van der Waals surface area (Å²) in [5, 5.41) is 21.8. The van der Waals surface area contributed by atoms with E-state index in [-0.39, 0.29) is 18.9 Å². The third kappa shape index (κ3) is 3.72. The first-order valence-corrected chi connectivity index (χ1v) is 7.59. The van der Waals surface area contributed by atoms with E-state index in [4.69, 9.17) is 0 Å². The molecule has 0 aromatic heterocycles. The second-order valence-electron chi connectivity index (χ2n) is 6.02. The number of aliphatic hydroxyl groups excluding tert-OH is 1. The fraction of sp³-hybridized carbons (Fsp3) is 0.867. The van der Waals surface area contributed by atoms with Crippen LogP contribution in [0.1, 0.15) is 65.2 Å². The van der Waals surface area contributed by atoms with Crippen LogP contribution in [-0.4, -0.2) is 34.2 Å². The molecule has 20 heavy (non-hydrogen) atoms. The Morgan fingerprint density at radius 1 is 1.15 bits per heavy atom. The van der Waals surface area contributed by atoms with Crippen LogP contribution in [0.2, 0.25) is 0 Å². The molecule has 0 radical (unpaired) electrons. The van der Waals surface area contributed by atoms with Gasteiger partial charge in [0.1, 0.15) is 0 Å². The maximum absolute atomic E-state index is 12.2. The molecule has 3 N–H and O–H groups in total. The molecule has 0 aromatic carbocycles. The number of nitrogens with one attached hydrogen (secondary N) is 1. The van der Waals surface area contributed by atoms with Gasteiger partial charge in [-0.1, -0.05) is 33.1 Å². The summed E-state index contributed by atoms with van der Waals surface area (Å²) in [6.07, 6.45) is 5.20. The van der Waals surface area contributed by atoms with Crippen LogP contribution in [0.5, 0.6) is 0 Å². The number of carbonyl (C=O) groups is 2. The van der Waals surface area contributed by atoms with E-state index in [1.54, 1.807) is 0 Å². The van der Waals surface area contributed by atoms with Gasteiger partial charge in [-0.05, 0) is 25.7 Å². The number of carboxylic acids is 1. The highest BCUT2D eigenvalue weighted by atomic mass is 16.4. The van der Waals surface area contributed by atoms with E-state index in [0.717, 1.165) is 19.3 Å². The molecule has 1 fully saturated rings. The molecule has 5 nitrogen and oxygen atoms in total. The van der Waals surface area contributed by atoms with Crippen LogP contribution in [0.4, 0.5) is 0 Å². The minimum absolute atomic E-state index is 0.0179. The average molecular weight is 285 g/mol. The number of hydrogen-bond donors (Lipinski definition) is 3. The van der Waals surface area contributed by atoms with E-state index in [1.807, 2.05) is 13.8 Å². The lowest BCUT2D eigenvalue weighted by atomic mass is 9.71. The molecule has 0 bridgehead atoms. The SMILES string of the molecule is CCC(CC)(CO)NC(=O)CC1(C(=O)O)CCCCC1. The molecule has 0 aliphatic heterocycles. The van der Waals surface area contributed by atoms with Crippen molar-refractivity contribution in [3.63, 3.8) is 0 Å². The largest absolute Gasteiger partial charge is 0.481 e. The lowest BCUT2D eigenvalue weighted by Crippen LogP contribution is -2.52. The molecule has 1 amide bonds. The highest BCUT2D eigenvalue weighted by Gasteiger charge is 2.42. The molecule has 1 aliphatic rings. The first-order chi connectivity index (χ1) is 9.43. The highest BCUT2D eigenvalue weighted by Crippen LogP contribution is 2.39. The Morgan fingerprint density at radius 3 is 2.10 bits per heavy atom. The van der Waals surface area contributed by atoms with Crippen molar-refractivity contribution in [2.45, 2.75) is 70.8 Å². The second-order valence-corrected chi connectivity index (χ2v) is 6.02. The van der Waals surface area contributed by atoms with E-state index in [2.05, 4.69) is 5.32 Å². The number of rotatable bonds is 7. The fourth-order valence-electron chi connectivity index (χ4n) is 3.03. The summed E-state index contributed by atoms with van der Waals surface area (Å²) in [5.41, 5.74) is -1.53. The van der Waals surface area contributed by atoms with Gasteiger partial charge in [-0.2, -0.15) is 0 Å². The summed E-state index contributed by atoms with van der Waals surface area (Å²) in [4.78, 5) is 23.8. The summed E-state index contributed by atoms with van der Waals surface area (Å²) < 4.78 is 0. The normalized spacial score (nSPS) is 18.6. The Bertz CT molecular complexity index is 336. The average Bonchev–Trinajstić information content (AvgIpc) is 2.45. The van der Waals surface area contributed by atoms with Crippen LogP contribution in [0.3, 0.4) is 0 Å². The number of aliphatic carboxylic acids is 1. The van der Waals surface area contributed by atoms with Gasteiger partial charge in [0.15, 0.2) is 0 Å². The molecule has 0 atom stereocenters. The maximum atomic E-state index is 12.2. The second kappa shape index (κ2) is 7.07. The van der Waals surface area contributed by atoms with Crippen molar-refractivity contribution in [3.05, 3.63) is 0 Å². The van der Waals surface area contributed by atoms with Crippen molar-refractivity contribution in [2.75, 3.05) is 6.61 Å². The predicted octanol–water partition coefficient (Wildman–Crippen LogP) is 2.08. The molecule has 1 rings (SSSR count). The Balaban J connectivity index is 2.74. The van der Waals surface area contributed by atoms with Crippen molar-refractivity contribution >= 4 is 11.9 Å². The molecule has 0 aromatic rings. The summed E-state index contributed by atoms with van der Waals surface area (Å²) in [5.74, 6) is -1.12. The van der Waals surface area contributed by atoms with Gasteiger partial charge in [0.2, 0.25) is 5.91 Å². The highest BCUT2D eigenvalue weighted by molar-refractivity contribution is 5.85. The quantitative estimate of drug-likeness (QED) is 0.668. The van der Waals surface area contributed by atoms with Crippen LogP contribution in [0.25, 0.3) is 0 Å². The van der Waals surface area contributed by atoms with E-state index >= 15 is 0 Å². The summed E-state index contributed by atoms with van der Waals surface area (Å²) in [7, 11) is 0. The minimum Gasteiger partial charge on any atom is -0.481 e. The summed E-state index contributed by atoms with van der Waals surface area (Å²) >= 11 is 0. The number of aliphatic hydroxyl groups is 1. The molecule has 5 heteroatoms. The number of amides is 1. The Kier molecular flexibility index (Phi) is 5.99. The Hall–Kier alpha value is -1.10. The zero-order valence-electron chi connectivity index (χ0n) is 12.6. The molecule has 0 heterocycles. The van der Waals surface area contributed by atoms with Gasteiger partial charge < -0.3 is 15.5 Å². The van der Waals surface area contributed by atoms with E-state index in [0.29, 0.717) is 25.7 Å². The van der Waals surface area contributed by atoms with Gasteiger partial charge in [0.05, 0.1) is 17.6 Å². The molecular formula is C15H27NO4. The van der Waals surface area contributed by atoms with Gasteiger partial charge in [-0.25, -0.2) is 0 Å². The van der Waals surface area contributed by atoms with Gasteiger partial charge in [0, 0.05) is 6.42 Å². The fourth-order valence-corrected chi connectivity index (χ4v) is 3.03. The van der Waals surface area contributed by atoms with Gasteiger partial charge in [-0.3, -0.25) is 9.59 Å². The summed E-state index contributed by atoms with van der Waals surface area (Å²) in [6, 6.07) is 0. The third-order valence-corrected chi connectivity index (χ3v) is 4.82. The van der Waals surface area contributed by atoms with Crippen LogP contribution in [0.15, 0.2) is 0 Å². The van der Waals surface area contributed by atoms with Crippen molar-refractivity contribution in [1.29, 1.82) is 0 Å². The predicted molar refractivity (Wildman–Crippen MR) is 76.3 cm³/mol. The molecule has 1 aliphatic carbocycles. The monoisotopic (exact) mass is 285 g/mol. The third-order valence-electron chi connectivity index (χ3n) is 4.82. The smallest absolute Gasteiger partial charge is 0.310 e. The lowest BCUT2D eigenvalue weighted by molar-refractivity contribution is -0.154. The van der Waals surface area contributed by atoms with Crippen LogP contribution in [-0.2, 0) is 9.59 Å². The Morgan fingerprint density at radius 2 is 1.70 bits per heavy atom. The minimum atomic E-state index is -0.912. The van der Waals surface area contributed by atoms with Crippen LogP contribution in [0, 0.1) is 5.41 Å². The molecule has 1 saturated carbocycles. The van der Waals surface area contributed by atoms with Gasteiger partial charge >= 0.3 is 5.97 Å². The molecule has 116 valence electrons. The Labute approximate surface area is 120 Å². The van der Waals surface area contributed by atoms with Crippen molar-refractivity contribution in [2.24, 2.45) is 5.41 Å². The first kappa shape index (κ1) is 17.0. The topological polar surface area (TPSA) is 86.6 Å². The van der Waals surface area contributed by atoms with E-state index < -0.39 is 16.9 Å². The van der Waals surface area contributed by atoms with Crippen LogP contribution < -0.4 is 5.32 Å². The van der Waals surface area contributed by atoms with Crippen molar-refractivity contribution in [1.82, 2.24) is 5.32 Å². The van der Waals surface area contributed by atoms with Gasteiger partial charge in [-0.15, -0.1) is 0 Å². The first-order valence-electron chi connectivity index (χ1n) is 7.59. The number of carbonyl (C=O) groups excluding carboxylic acids is 1. The molecule has 0 spiro atoms. The lowest BCUT2D eigenvalue weighted by Gasteiger charge is -2.35. The molecule has 0 saturated heterocycles. The van der Waals surface area contributed by atoms with E-state index in [1.165, 1.54) is 0 Å². The zero-order chi connectivity index (χ0) is 15.2.